The molecule has 0 spiro atoms. The molecule has 10 atom stereocenters. The molecule has 0 saturated carbocycles. The minimum atomic E-state index is -4.93. The lowest BCUT2D eigenvalue weighted by Gasteiger charge is -2.40. The van der Waals surface area contributed by atoms with Crippen molar-refractivity contribution in [3.05, 3.63) is 124 Å². The molecule has 408 valence electrons. The predicted molar refractivity (Wildman–Crippen MR) is 280 cm³/mol. The van der Waals surface area contributed by atoms with E-state index in [9.17, 15) is 19.3 Å². The zero-order valence-corrected chi connectivity index (χ0v) is 46.1. The molecule has 4 aliphatic rings. The van der Waals surface area contributed by atoms with Gasteiger partial charge < -0.3 is 37.5 Å². The van der Waals surface area contributed by atoms with Crippen LogP contribution in [0.1, 0.15) is 65.9 Å². The highest BCUT2D eigenvalue weighted by atomic mass is 32.5. The number of carbonyl (C=O) groups excluding carboxylic acids is 2. The van der Waals surface area contributed by atoms with Gasteiger partial charge in [0.1, 0.15) is 67.9 Å². The first-order chi connectivity index (χ1) is 36.8. The molecule has 3 saturated heterocycles. The van der Waals surface area contributed by atoms with Gasteiger partial charge in [-0.25, -0.2) is 40.3 Å². The van der Waals surface area contributed by atoms with Gasteiger partial charge in [-0.05, 0) is 72.6 Å². The fraction of sp³-hybridized carbons (Fsp3) is 0.469. The molecular weight excluding hydrogens is 1080 g/mol. The van der Waals surface area contributed by atoms with E-state index in [4.69, 9.17) is 59.6 Å². The zero-order valence-electron chi connectivity index (χ0n) is 42.5. The maximum atomic E-state index is 17.4. The van der Waals surface area contributed by atoms with Gasteiger partial charge >= 0.3 is 20.5 Å². The number of rotatable bonds is 12. The lowest BCUT2D eigenvalue weighted by molar-refractivity contribution is -0.0663. The van der Waals surface area contributed by atoms with E-state index >= 15 is 8.96 Å². The van der Waals surface area contributed by atoms with Gasteiger partial charge in [0.25, 0.3) is 11.5 Å². The van der Waals surface area contributed by atoms with E-state index in [0.29, 0.717) is 41.7 Å². The summed E-state index contributed by atoms with van der Waals surface area (Å²) in [4.78, 5) is 75.2. The number of imidazole rings is 1. The normalized spacial score (nSPS) is 28.0. The summed E-state index contributed by atoms with van der Waals surface area (Å²) in [5.41, 5.74) is 1.10. The fourth-order valence-corrected chi connectivity index (χ4v) is 13.5. The van der Waals surface area contributed by atoms with Crippen molar-refractivity contribution in [3.63, 3.8) is 0 Å². The van der Waals surface area contributed by atoms with Crippen LogP contribution in [0.15, 0.2) is 90.6 Å². The van der Waals surface area contributed by atoms with E-state index in [-0.39, 0.29) is 42.4 Å². The van der Waals surface area contributed by atoms with Crippen molar-refractivity contribution in [3.8, 4) is 0 Å². The molecule has 0 aliphatic carbocycles. The van der Waals surface area contributed by atoms with Crippen LogP contribution in [-0.2, 0) is 70.6 Å². The first-order valence-corrected chi connectivity index (χ1v) is 31.8. The number of benzene rings is 2. The molecule has 1 N–H and O–H groups in total. The van der Waals surface area contributed by atoms with E-state index in [1.165, 1.54) is 32.7 Å². The Hall–Kier alpha value is -5.49. The first-order valence-electron chi connectivity index (χ1n) is 24.8. The second-order valence-corrected chi connectivity index (χ2v) is 29.4. The molecule has 1 amide bonds. The third kappa shape index (κ3) is 11.1. The second-order valence-electron chi connectivity index (χ2n) is 20.2. The number of anilines is 1. The number of aryl methyl sites for hydroxylation is 1. The molecule has 28 heteroatoms. The molecule has 23 nitrogen and oxygen atoms in total. The number of ether oxygens (including phenoxy) is 3. The number of halogens is 1. The van der Waals surface area contributed by atoms with Crippen molar-refractivity contribution < 1.29 is 64.7 Å². The van der Waals surface area contributed by atoms with Gasteiger partial charge in [0.15, 0.2) is 38.1 Å². The van der Waals surface area contributed by atoms with Gasteiger partial charge in [-0.3, -0.25) is 41.7 Å². The Kier molecular flexibility index (Phi) is 15.7. The standard InChI is InChI=1S/C49H56FN9O14P2SSi/c1-49(2,3)77(5,6)73-39-34-26-68-75(64,76)72-38-33(69-46(36(38)50)58-24-32-18-13-20-57(41-35(32)42(58)53-27-52-41)44(60)30-14-9-7-10-15-30)25-67-74(63,66-22-19-51-4)71-40(39)47(70-34)59-29-54-37-43(59)55-28-56(45(37)61)21-23-65-48(62)31-16-11-8-12-17-31/h7-12,14-17,24,27-29,33-34,36,38-40,46-47H,13,18-23,25-26H2,1-3,5-6H3,(H,64,76)/t33-,34-,36-,38-,39-,40-,46-,47-,74?,75?/m1/s1. The van der Waals surface area contributed by atoms with Crippen molar-refractivity contribution in [2.24, 2.45) is 0 Å². The van der Waals surface area contributed by atoms with Crippen molar-refractivity contribution >= 4 is 74.6 Å². The molecule has 4 aromatic heterocycles. The lowest BCUT2D eigenvalue weighted by atomic mass is 10.1. The average molecular weight is 1140 g/mol. The van der Waals surface area contributed by atoms with Crippen molar-refractivity contribution in [2.75, 3.05) is 44.4 Å². The first kappa shape index (κ1) is 54.8. The van der Waals surface area contributed by atoms with Gasteiger partial charge in [-0.1, -0.05) is 57.2 Å². The zero-order chi connectivity index (χ0) is 54.4. The van der Waals surface area contributed by atoms with Crippen LogP contribution in [-0.4, -0.2) is 135 Å². The number of carbonyl (C=O) groups is 2. The monoisotopic (exact) mass is 1140 g/mol. The number of aromatic nitrogens is 7. The number of amides is 1. The maximum Gasteiger partial charge on any atom is 0.475 e. The summed E-state index contributed by atoms with van der Waals surface area (Å²) in [5.74, 6) is -0.508. The summed E-state index contributed by atoms with van der Waals surface area (Å²) in [6, 6.07) is 17.2. The van der Waals surface area contributed by atoms with Crippen molar-refractivity contribution in [2.45, 2.75) is 107 Å². The van der Waals surface area contributed by atoms with Gasteiger partial charge in [-0.15, -0.1) is 0 Å². The second kappa shape index (κ2) is 22.0. The van der Waals surface area contributed by atoms with Crippen LogP contribution in [0.3, 0.4) is 0 Å². The molecule has 2 unspecified atom stereocenters. The highest BCUT2D eigenvalue weighted by molar-refractivity contribution is 8.07. The van der Waals surface area contributed by atoms with E-state index in [2.05, 4.69) is 24.8 Å². The maximum absolute atomic E-state index is 17.4. The number of phosphoric ester groups is 1. The molecule has 2 bridgehead atoms. The number of hydrogen-bond acceptors (Lipinski definition) is 18. The SMILES string of the molecule is [C-]#[N+]CCOP1(=O)OC[C@H]2O[C@@H](n3cc4c5c(ncnc53)N(C(=O)c3ccccc3)CCC4)[C@H](F)[C@@H]2OP(O)(=S)OC[C@H]2O[C@@H](n3cnc4c(=O)n(CCOC(=O)c5ccccc5)cnc43)[C@H](O1)[C@@H]2O[Si](C)(C)C(C)(C)C. The quantitative estimate of drug-likeness (QED) is 0.0422. The Labute approximate surface area is 447 Å². The number of nitrogens with zero attached hydrogens (tertiary/aromatic N) is 9. The van der Waals surface area contributed by atoms with Crippen molar-refractivity contribution in [1.29, 1.82) is 0 Å². The molecule has 8 heterocycles. The minimum absolute atomic E-state index is 0.0157. The summed E-state index contributed by atoms with van der Waals surface area (Å²) in [7, 11) is -7.79. The topological polar surface area (TPSA) is 246 Å². The average Bonchev–Trinajstić information content (AvgIpc) is 4.15. The highest BCUT2D eigenvalue weighted by Gasteiger charge is 2.57. The van der Waals surface area contributed by atoms with Gasteiger partial charge in [0, 0.05) is 18.3 Å². The highest BCUT2D eigenvalue weighted by Crippen LogP contribution is 2.58. The van der Waals surface area contributed by atoms with Crippen LogP contribution in [0.25, 0.3) is 27.0 Å². The number of fused-ring (bicyclic) bond motifs is 4. The number of esters is 1. The van der Waals surface area contributed by atoms with Crippen LogP contribution in [0.5, 0.6) is 0 Å². The Morgan fingerprint density at radius 3 is 2.35 bits per heavy atom. The van der Waals surface area contributed by atoms with E-state index < -0.39 is 108 Å². The van der Waals surface area contributed by atoms with Crippen LogP contribution in [0.2, 0.25) is 18.1 Å². The fourth-order valence-electron chi connectivity index (χ4n) is 9.36. The third-order valence-corrected chi connectivity index (χ3v) is 21.7. The molecular formula is C49H56FN9O14P2SSi. The van der Waals surface area contributed by atoms with E-state index in [0.717, 1.165) is 5.56 Å². The van der Waals surface area contributed by atoms with E-state index in [1.54, 1.807) is 65.7 Å². The van der Waals surface area contributed by atoms with Gasteiger partial charge in [-0.2, -0.15) is 0 Å². The van der Waals surface area contributed by atoms with Crippen LogP contribution < -0.4 is 10.5 Å². The summed E-state index contributed by atoms with van der Waals surface area (Å²) in [6.45, 7) is 11.1. The molecule has 6 aromatic rings. The predicted octanol–water partition coefficient (Wildman–Crippen LogP) is 7.09. The summed E-state index contributed by atoms with van der Waals surface area (Å²) in [5, 5.41) is 0.0881. The van der Waals surface area contributed by atoms with Gasteiger partial charge in [0.05, 0.1) is 37.0 Å². The van der Waals surface area contributed by atoms with Crippen LogP contribution in [0.4, 0.5) is 10.2 Å². The van der Waals surface area contributed by atoms with Crippen LogP contribution in [0, 0.1) is 6.57 Å². The van der Waals surface area contributed by atoms with E-state index in [1.807, 2.05) is 39.9 Å². The van der Waals surface area contributed by atoms with Gasteiger partial charge in [0.2, 0.25) is 6.54 Å². The summed E-state index contributed by atoms with van der Waals surface area (Å²) < 4.78 is 92.8. The molecule has 0 radical (unpaired) electrons. The number of alkyl halides is 1. The smallest absolute Gasteiger partial charge is 0.460 e. The minimum Gasteiger partial charge on any atom is -0.460 e. The number of hydrogen-bond donors (Lipinski definition) is 1. The van der Waals surface area contributed by atoms with Crippen LogP contribution >= 0.6 is 14.5 Å². The molecule has 2 aromatic carbocycles. The summed E-state index contributed by atoms with van der Waals surface area (Å²) in [6.07, 6.45) is -5.53. The largest absolute Gasteiger partial charge is 0.475 e. The molecule has 10 rings (SSSR count). The third-order valence-electron chi connectivity index (χ3n) is 14.2. The lowest BCUT2D eigenvalue weighted by Crippen LogP contribution is -2.50. The summed E-state index contributed by atoms with van der Waals surface area (Å²) >= 11 is 5.59. The molecule has 77 heavy (non-hydrogen) atoms. The Bertz CT molecular complexity index is 3380. The Morgan fingerprint density at radius 1 is 0.909 bits per heavy atom. The Morgan fingerprint density at radius 2 is 1.62 bits per heavy atom. The number of phosphoric acid groups is 1. The van der Waals surface area contributed by atoms with Crippen molar-refractivity contribution in [1.82, 2.24) is 33.6 Å². The molecule has 3 fully saturated rings. The Balaban J connectivity index is 0.981. The molecule has 4 aliphatic heterocycles.